The van der Waals surface area contributed by atoms with Gasteiger partial charge in [-0.1, -0.05) is 48.5 Å². The molecule has 0 fully saturated rings. The van der Waals surface area contributed by atoms with Crippen molar-refractivity contribution in [3.63, 3.8) is 0 Å². The molecule has 0 heterocycles. The molecule has 19 heavy (non-hydrogen) atoms. The van der Waals surface area contributed by atoms with E-state index in [9.17, 15) is 0 Å². The van der Waals surface area contributed by atoms with Crippen LogP contribution in [0.3, 0.4) is 0 Å². The lowest BCUT2D eigenvalue weighted by molar-refractivity contribution is 1.42. The fraction of sp³-hybridized carbons (Fsp3) is 0. The second-order valence-electron chi connectivity index (χ2n) is 4.29. The maximum atomic E-state index is 8.67. The molecule has 0 aliphatic heterocycles. The Hall–Kier alpha value is -2.86. The Morgan fingerprint density at radius 1 is 0.947 bits per heavy atom. The van der Waals surface area contributed by atoms with E-state index in [1.54, 1.807) is 6.19 Å². The van der Waals surface area contributed by atoms with Gasteiger partial charge < -0.3 is 5.73 Å². The first kappa shape index (κ1) is 11.2. The molecule has 90 valence electrons. The Kier molecular flexibility index (Phi) is 2.62. The van der Waals surface area contributed by atoms with E-state index in [1.807, 2.05) is 42.5 Å². The number of nitriles is 1. The lowest BCUT2D eigenvalue weighted by Gasteiger charge is -2.09. The fourth-order valence-corrected chi connectivity index (χ4v) is 2.38. The molecule has 0 saturated carbocycles. The lowest BCUT2D eigenvalue weighted by Crippen LogP contribution is -2.13. The van der Waals surface area contributed by atoms with Crippen LogP contribution < -0.4 is 5.73 Å². The van der Waals surface area contributed by atoms with Crippen molar-refractivity contribution in [3.8, 4) is 6.19 Å². The first-order chi connectivity index (χ1) is 9.31. The van der Waals surface area contributed by atoms with Gasteiger partial charge in [0.15, 0.2) is 0 Å². The van der Waals surface area contributed by atoms with E-state index in [4.69, 9.17) is 11.0 Å². The summed E-state index contributed by atoms with van der Waals surface area (Å²) in [4.78, 5) is 3.65. The van der Waals surface area contributed by atoms with Crippen LogP contribution in [0.1, 0.15) is 5.56 Å². The molecule has 0 aromatic heterocycles. The maximum absolute atomic E-state index is 8.67. The Morgan fingerprint density at radius 3 is 2.32 bits per heavy atom. The summed E-state index contributed by atoms with van der Waals surface area (Å²) in [5.74, 6) is 0.254. The highest BCUT2D eigenvalue weighted by atomic mass is 14.8. The van der Waals surface area contributed by atoms with Gasteiger partial charge in [-0.2, -0.15) is 10.3 Å². The standard InChI is InChI=1S/C16H11N3/c17-10-19-16(18)15-9-11-5-1-2-6-12(11)13-7-3-4-8-14(13)15/h1-9H,(H2,18,19). The summed E-state index contributed by atoms with van der Waals surface area (Å²) < 4.78 is 0. The Balaban J connectivity index is 2.50. The van der Waals surface area contributed by atoms with Crippen molar-refractivity contribution >= 4 is 27.4 Å². The first-order valence-electron chi connectivity index (χ1n) is 5.94. The highest BCUT2D eigenvalue weighted by Gasteiger charge is 2.08. The highest BCUT2D eigenvalue weighted by molar-refractivity contribution is 6.18. The molecule has 3 aromatic rings. The molecule has 3 aromatic carbocycles. The molecule has 0 aliphatic rings. The van der Waals surface area contributed by atoms with Crippen molar-refractivity contribution in [1.29, 1.82) is 5.26 Å². The van der Waals surface area contributed by atoms with E-state index in [-0.39, 0.29) is 5.84 Å². The minimum atomic E-state index is 0.254. The minimum Gasteiger partial charge on any atom is -0.382 e. The second kappa shape index (κ2) is 4.43. The van der Waals surface area contributed by atoms with Gasteiger partial charge in [0.2, 0.25) is 6.19 Å². The second-order valence-corrected chi connectivity index (χ2v) is 4.29. The normalized spacial score (nSPS) is 11.6. The molecule has 0 unspecified atom stereocenters. The zero-order valence-electron chi connectivity index (χ0n) is 10.2. The zero-order chi connectivity index (χ0) is 13.2. The lowest BCUT2D eigenvalue weighted by atomic mass is 9.97. The van der Waals surface area contributed by atoms with Crippen LogP contribution >= 0.6 is 0 Å². The maximum Gasteiger partial charge on any atom is 0.207 e. The molecule has 0 radical (unpaired) electrons. The molecule has 0 amide bonds. The van der Waals surface area contributed by atoms with Gasteiger partial charge in [0, 0.05) is 5.56 Å². The Morgan fingerprint density at radius 2 is 1.58 bits per heavy atom. The molecule has 0 aliphatic carbocycles. The van der Waals surface area contributed by atoms with E-state index >= 15 is 0 Å². The number of fused-ring (bicyclic) bond motifs is 3. The van der Waals surface area contributed by atoms with E-state index in [1.165, 1.54) is 5.39 Å². The van der Waals surface area contributed by atoms with Gasteiger partial charge in [-0.05, 0) is 27.6 Å². The van der Waals surface area contributed by atoms with Crippen LogP contribution in [0.4, 0.5) is 0 Å². The predicted molar refractivity (Wildman–Crippen MR) is 77.8 cm³/mol. The summed E-state index contributed by atoms with van der Waals surface area (Å²) in [6.07, 6.45) is 1.74. The topological polar surface area (TPSA) is 62.2 Å². The predicted octanol–water partition coefficient (Wildman–Crippen LogP) is 3.18. The molecule has 0 atom stereocenters. The van der Waals surface area contributed by atoms with Crippen molar-refractivity contribution in [1.82, 2.24) is 0 Å². The zero-order valence-corrected chi connectivity index (χ0v) is 10.2. The van der Waals surface area contributed by atoms with Gasteiger partial charge in [0.05, 0.1) is 0 Å². The average molecular weight is 245 g/mol. The molecule has 3 rings (SSSR count). The van der Waals surface area contributed by atoms with Crippen molar-refractivity contribution in [2.75, 3.05) is 0 Å². The summed E-state index contributed by atoms with van der Waals surface area (Å²) in [6.45, 7) is 0. The number of hydrogen-bond donors (Lipinski definition) is 1. The number of hydrogen-bond acceptors (Lipinski definition) is 2. The third-order valence-electron chi connectivity index (χ3n) is 3.21. The van der Waals surface area contributed by atoms with Gasteiger partial charge in [-0.15, -0.1) is 0 Å². The highest BCUT2D eigenvalue weighted by Crippen LogP contribution is 2.28. The van der Waals surface area contributed by atoms with Crippen LogP contribution in [0.15, 0.2) is 59.6 Å². The molecular formula is C16H11N3. The van der Waals surface area contributed by atoms with Gasteiger partial charge in [0.25, 0.3) is 0 Å². The quantitative estimate of drug-likeness (QED) is 0.310. The van der Waals surface area contributed by atoms with Crippen LogP contribution in [0.5, 0.6) is 0 Å². The smallest absolute Gasteiger partial charge is 0.207 e. The van der Waals surface area contributed by atoms with E-state index in [2.05, 4.69) is 17.1 Å². The fourth-order valence-electron chi connectivity index (χ4n) is 2.38. The van der Waals surface area contributed by atoms with E-state index in [0.717, 1.165) is 21.7 Å². The molecular weight excluding hydrogens is 234 g/mol. The van der Waals surface area contributed by atoms with E-state index < -0.39 is 0 Å². The van der Waals surface area contributed by atoms with Crippen LogP contribution in [0, 0.1) is 11.5 Å². The van der Waals surface area contributed by atoms with Crippen molar-refractivity contribution in [3.05, 3.63) is 60.2 Å². The summed E-state index contributed by atoms with van der Waals surface area (Å²) in [5.41, 5.74) is 6.69. The SMILES string of the molecule is N#CN=C(N)c1cc2ccccc2c2ccccc12. The van der Waals surface area contributed by atoms with Crippen molar-refractivity contribution in [2.24, 2.45) is 10.7 Å². The number of amidine groups is 1. The number of nitrogens with zero attached hydrogens (tertiary/aromatic N) is 2. The first-order valence-corrected chi connectivity index (χ1v) is 5.94. The van der Waals surface area contributed by atoms with Crippen LogP contribution in [-0.2, 0) is 0 Å². The molecule has 3 nitrogen and oxygen atoms in total. The van der Waals surface area contributed by atoms with Gasteiger partial charge >= 0.3 is 0 Å². The molecule has 2 N–H and O–H groups in total. The molecule has 0 saturated heterocycles. The Bertz CT molecular complexity index is 841. The summed E-state index contributed by atoms with van der Waals surface area (Å²) in [5, 5.41) is 13.1. The van der Waals surface area contributed by atoms with Gasteiger partial charge in [-0.25, -0.2) is 0 Å². The average Bonchev–Trinajstić information content (AvgIpc) is 2.46. The summed E-state index contributed by atoms with van der Waals surface area (Å²) in [6, 6.07) is 18.1. The molecule has 3 heteroatoms. The number of nitrogens with two attached hydrogens (primary N) is 1. The van der Waals surface area contributed by atoms with Gasteiger partial charge in [-0.3, -0.25) is 0 Å². The third kappa shape index (κ3) is 1.80. The van der Waals surface area contributed by atoms with Gasteiger partial charge in [0.1, 0.15) is 5.84 Å². The van der Waals surface area contributed by atoms with Crippen LogP contribution in [-0.4, -0.2) is 5.84 Å². The van der Waals surface area contributed by atoms with Crippen molar-refractivity contribution in [2.45, 2.75) is 0 Å². The molecule has 0 spiro atoms. The van der Waals surface area contributed by atoms with Crippen LogP contribution in [0.2, 0.25) is 0 Å². The van der Waals surface area contributed by atoms with Crippen LogP contribution in [0.25, 0.3) is 21.5 Å². The number of rotatable bonds is 1. The molecule has 0 bridgehead atoms. The summed E-state index contributed by atoms with van der Waals surface area (Å²) in [7, 11) is 0. The third-order valence-corrected chi connectivity index (χ3v) is 3.21. The summed E-state index contributed by atoms with van der Waals surface area (Å²) >= 11 is 0. The monoisotopic (exact) mass is 245 g/mol. The van der Waals surface area contributed by atoms with E-state index in [0.29, 0.717) is 0 Å². The number of benzene rings is 3. The minimum absolute atomic E-state index is 0.254. The largest absolute Gasteiger partial charge is 0.382 e. The number of aliphatic imine (C=N–C) groups is 1. The van der Waals surface area contributed by atoms with Crippen molar-refractivity contribution < 1.29 is 0 Å². The Labute approximate surface area is 110 Å².